The first-order valence-corrected chi connectivity index (χ1v) is 7.92. The average molecular weight is 346 g/mol. The molecule has 0 saturated heterocycles. The molecule has 24 heavy (non-hydrogen) atoms. The zero-order chi connectivity index (χ0) is 18.2. The van der Waals surface area contributed by atoms with Gasteiger partial charge in [0.25, 0.3) is 0 Å². The highest BCUT2D eigenvalue weighted by atomic mass is 16.6. The lowest BCUT2D eigenvalue weighted by Gasteiger charge is -2.07. The molecule has 0 saturated carbocycles. The van der Waals surface area contributed by atoms with Crippen molar-refractivity contribution in [3.63, 3.8) is 0 Å². The first kappa shape index (κ1) is 21.5. The van der Waals surface area contributed by atoms with E-state index in [-0.39, 0.29) is 13.2 Å². The number of rotatable bonds is 9. The Morgan fingerprint density at radius 2 is 1.04 bits per heavy atom. The molecular weight excluding hydrogens is 320 g/mol. The number of urea groups is 2. The fraction of sp³-hybridized carbons (Fsp3) is 0.714. The summed E-state index contributed by atoms with van der Waals surface area (Å²) in [6, 6.07) is -1.18. The molecule has 10 heteroatoms. The fourth-order valence-corrected chi connectivity index (χ4v) is 1.62. The Morgan fingerprint density at radius 3 is 1.38 bits per heavy atom. The van der Waals surface area contributed by atoms with Crippen molar-refractivity contribution < 1.29 is 28.7 Å². The standard InChI is InChI=1S/C14H26N4O6/c1-3-23-13(21)17-11(19)15-9-7-5-6-8-10-16-12(20)18-14(22)24-4-2/h3-10H2,1-2H3,(H2,15,17,19,21)(H2,16,18,20,22). The van der Waals surface area contributed by atoms with Gasteiger partial charge in [-0.3, -0.25) is 0 Å². The number of hydrogen-bond donors (Lipinski definition) is 4. The van der Waals surface area contributed by atoms with Gasteiger partial charge in [-0.05, 0) is 26.7 Å². The smallest absolute Gasteiger partial charge is 0.415 e. The maximum absolute atomic E-state index is 11.3. The summed E-state index contributed by atoms with van der Waals surface area (Å²) in [5.41, 5.74) is 0. The van der Waals surface area contributed by atoms with Crippen molar-refractivity contribution in [2.75, 3.05) is 26.3 Å². The van der Waals surface area contributed by atoms with Gasteiger partial charge in [0.2, 0.25) is 0 Å². The zero-order valence-corrected chi connectivity index (χ0v) is 14.1. The number of imide groups is 2. The van der Waals surface area contributed by atoms with E-state index in [1.165, 1.54) is 0 Å². The summed E-state index contributed by atoms with van der Waals surface area (Å²) in [4.78, 5) is 44.4. The average Bonchev–Trinajstić information content (AvgIpc) is 2.50. The molecule has 0 aromatic rings. The third-order valence-corrected chi connectivity index (χ3v) is 2.66. The van der Waals surface area contributed by atoms with Crippen LogP contribution in [0.1, 0.15) is 39.5 Å². The van der Waals surface area contributed by atoms with Crippen molar-refractivity contribution in [1.82, 2.24) is 21.3 Å². The molecule has 0 heterocycles. The quantitative estimate of drug-likeness (QED) is 0.467. The van der Waals surface area contributed by atoms with E-state index in [1.54, 1.807) is 13.8 Å². The van der Waals surface area contributed by atoms with Gasteiger partial charge in [0, 0.05) is 13.1 Å². The van der Waals surface area contributed by atoms with E-state index < -0.39 is 24.2 Å². The highest BCUT2D eigenvalue weighted by molar-refractivity contribution is 5.91. The van der Waals surface area contributed by atoms with Crippen LogP contribution >= 0.6 is 0 Å². The molecule has 0 aliphatic carbocycles. The maximum atomic E-state index is 11.3. The molecule has 0 aromatic heterocycles. The van der Waals surface area contributed by atoms with Gasteiger partial charge in [-0.2, -0.15) is 0 Å². The zero-order valence-electron chi connectivity index (χ0n) is 14.1. The molecule has 6 amide bonds. The molecule has 0 bridgehead atoms. The molecule has 4 N–H and O–H groups in total. The number of amides is 6. The van der Waals surface area contributed by atoms with Crippen molar-refractivity contribution >= 4 is 24.2 Å². The van der Waals surface area contributed by atoms with Crippen LogP contribution in [0.15, 0.2) is 0 Å². The van der Waals surface area contributed by atoms with Crippen LogP contribution < -0.4 is 21.3 Å². The first-order valence-electron chi connectivity index (χ1n) is 7.92. The summed E-state index contributed by atoms with van der Waals surface area (Å²) in [7, 11) is 0. The molecular formula is C14H26N4O6. The van der Waals surface area contributed by atoms with Gasteiger partial charge in [0.15, 0.2) is 0 Å². The second-order valence-corrected chi connectivity index (χ2v) is 4.62. The predicted octanol–water partition coefficient (Wildman–Crippen LogP) is 1.46. The molecule has 0 spiro atoms. The lowest BCUT2D eigenvalue weighted by Crippen LogP contribution is -2.40. The van der Waals surface area contributed by atoms with E-state index >= 15 is 0 Å². The van der Waals surface area contributed by atoms with Gasteiger partial charge in [-0.15, -0.1) is 0 Å². The number of nitrogens with one attached hydrogen (secondary N) is 4. The van der Waals surface area contributed by atoms with Crippen LogP contribution in [0.5, 0.6) is 0 Å². The Balaban J connectivity index is 3.45. The van der Waals surface area contributed by atoms with E-state index in [9.17, 15) is 19.2 Å². The van der Waals surface area contributed by atoms with Crippen LogP contribution in [-0.2, 0) is 9.47 Å². The minimum atomic E-state index is -0.776. The molecule has 0 fully saturated rings. The van der Waals surface area contributed by atoms with Gasteiger partial charge in [-0.1, -0.05) is 12.8 Å². The van der Waals surface area contributed by atoms with Gasteiger partial charge >= 0.3 is 24.2 Å². The number of unbranched alkanes of at least 4 members (excludes halogenated alkanes) is 3. The van der Waals surface area contributed by atoms with E-state index in [2.05, 4.69) is 20.1 Å². The Hall–Kier alpha value is -2.52. The summed E-state index contributed by atoms with van der Waals surface area (Å²) in [5, 5.41) is 9.12. The highest BCUT2D eigenvalue weighted by Gasteiger charge is 2.07. The number of carbonyl (C=O) groups excluding carboxylic acids is 4. The molecule has 0 atom stereocenters. The first-order chi connectivity index (χ1) is 11.5. The molecule has 0 unspecified atom stereocenters. The van der Waals surface area contributed by atoms with Crippen molar-refractivity contribution in [2.24, 2.45) is 0 Å². The minimum absolute atomic E-state index is 0.199. The van der Waals surface area contributed by atoms with Crippen LogP contribution in [0.4, 0.5) is 19.2 Å². The molecule has 0 radical (unpaired) electrons. The van der Waals surface area contributed by atoms with E-state index in [1.807, 2.05) is 10.6 Å². The Labute approximate surface area is 141 Å². The third-order valence-electron chi connectivity index (χ3n) is 2.66. The third kappa shape index (κ3) is 13.2. The van der Waals surface area contributed by atoms with Gasteiger partial charge < -0.3 is 20.1 Å². The summed E-state index contributed by atoms with van der Waals surface area (Å²) >= 11 is 0. The molecule has 138 valence electrons. The summed E-state index contributed by atoms with van der Waals surface area (Å²) in [6.45, 7) is 4.56. The lowest BCUT2D eigenvalue weighted by atomic mass is 10.2. The Bertz CT molecular complexity index is 378. The van der Waals surface area contributed by atoms with Gasteiger partial charge in [0.1, 0.15) is 0 Å². The van der Waals surface area contributed by atoms with Gasteiger partial charge in [-0.25, -0.2) is 29.8 Å². The van der Waals surface area contributed by atoms with Crippen molar-refractivity contribution in [1.29, 1.82) is 0 Å². The molecule has 10 nitrogen and oxygen atoms in total. The van der Waals surface area contributed by atoms with Crippen LogP contribution in [0, 0.1) is 0 Å². The van der Waals surface area contributed by atoms with E-state index in [0.29, 0.717) is 13.1 Å². The topological polar surface area (TPSA) is 135 Å². The number of carbonyl (C=O) groups is 4. The fourth-order valence-electron chi connectivity index (χ4n) is 1.62. The van der Waals surface area contributed by atoms with Crippen molar-refractivity contribution in [3.8, 4) is 0 Å². The van der Waals surface area contributed by atoms with Crippen LogP contribution in [0.2, 0.25) is 0 Å². The van der Waals surface area contributed by atoms with Gasteiger partial charge in [0.05, 0.1) is 13.2 Å². The second kappa shape index (κ2) is 14.1. The van der Waals surface area contributed by atoms with Crippen molar-refractivity contribution in [3.05, 3.63) is 0 Å². The SMILES string of the molecule is CCOC(=O)NC(=O)NCCCCCCNC(=O)NC(=O)OCC. The summed E-state index contributed by atoms with van der Waals surface area (Å²) in [6.07, 6.45) is 1.63. The minimum Gasteiger partial charge on any atom is -0.450 e. The van der Waals surface area contributed by atoms with Crippen LogP contribution in [0.25, 0.3) is 0 Å². The molecule has 0 aliphatic rings. The normalized spacial score (nSPS) is 9.58. The summed E-state index contributed by atoms with van der Waals surface area (Å²) < 4.78 is 9.12. The largest absolute Gasteiger partial charge is 0.450 e. The van der Waals surface area contributed by atoms with Crippen LogP contribution in [-0.4, -0.2) is 50.6 Å². The van der Waals surface area contributed by atoms with Crippen LogP contribution in [0.3, 0.4) is 0 Å². The predicted molar refractivity (Wildman–Crippen MR) is 85.6 cm³/mol. The van der Waals surface area contributed by atoms with Crippen molar-refractivity contribution in [2.45, 2.75) is 39.5 Å². The summed E-state index contributed by atoms with van der Waals surface area (Å²) in [5.74, 6) is 0. The molecule has 0 aromatic carbocycles. The Morgan fingerprint density at radius 1 is 0.667 bits per heavy atom. The number of ether oxygens (including phenoxy) is 2. The van der Waals surface area contributed by atoms with E-state index in [4.69, 9.17) is 0 Å². The number of hydrogen-bond acceptors (Lipinski definition) is 6. The lowest BCUT2D eigenvalue weighted by molar-refractivity contribution is 0.151. The Kier molecular flexibility index (Phi) is 12.6. The number of alkyl carbamates (subject to hydrolysis) is 2. The van der Waals surface area contributed by atoms with E-state index in [0.717, 1.165) is 25.7 Å². The monoisotopic (exact) mass is 346 g/mol. The second-order valence-electron chi connectivity index (χ2n) is 4.62. The highest BCUT2D eigenvalue weighted by Crippen LogP contribution is 1.97. The molecule has 0 aliphatic heterocycles. The maximum Gasteiger partial charge on any atom is 0.415 e. The molecule has 0 rings (SSSR count).